The van der Waals surface area contributed by atoms with Crippen LogP contribution in [0.2, 0.25) is 10.0 Å². The molecule has 2 nitrogen and oxygen atoms in total. The first-order chi connectivity index (χ1) is 9.52. The van der Waals surface area contributed by atoms with E-state index in [1.54, 1.807) is 30.3 Å². The van der Waals surface area contributed by atoms with Crippen molar-refractivity contribution in [2.24, 2.45) is 0 Å². The molecule has 20 heavy (non-hydrogen) atoms. The van der Waals surface area contributed by atoms with E-state index in [-0.39, 0.29) is 16.9 Å². The Hall–Kier alpha value is -1.16. The maximum absolute atomic E-state index is 12.4. The van der Waals surface area contributed by atoms with Gasteiger partial charge in [0.05, 0.1) is 5.33 Å². The molecule has 0 saturated carbocycles. The van der Waals surface area contributed by atoms with Crippen molar-refractivity contribution in [2.45, 2.75) is 0 Å². The fourth-order valence-electron chi connectivity index (χ4n) is 2.44. The first kappa shape index (κ1) is 13.8. The van der Waals surface area contributed by atoms with Gasteiger partial charge in [-0.05, 0) is 29.8 Å². The summed E-state index contributed by atoms with van der Waals surface area (Å²) >= 11 is 15.1. The summed E-state index contributed by atoms with van der Waals surface area (Å²) in [6.07, 6.45) is 0. The van der Waals surface area contributed by atoms with Crippen molar-refractivity contribution >= 4 is 50.7 Å². The van der Waals surface area contributed by atoms with Crippen molar-refractivity contribution < 1.29 is 9.59 Å². The molecule has 2 aromatic carbocycles. The molecule has 0 amide bonds. The predicted molar refractivity (Wildman–Crippen MR) is 83.5 cm³/mol. The van der Waals surface area contributed by atoms with Crippen molar-refractivity contribution in [1.82, 2.24) is 0 Å². The molecule has 0 atom stereocenters. The highest BCUT2D eigenvalue weighted by atomic mass is 79.9. The van der Waals surface area contributed by atoms with E-state index in [9.17, 15) is 9.59 Å². The van der Waals surface area contributed by atoms with Gasteiger partial charge in [0.15, 0.2) is 11.6 Å². The summed E-state index contributed by atoms with van der Waals surface area (Å²) in [5.74, 6) is -0.261. The number of halogens is 3. The third kappa shape index (κ3) is 2.01. The Morgan fingerprint density at radius 1 is 1.00 bits per heavy atom. The van der Waals surface area contributed by atoms with Gasteiger partial charge in [-0.3, -0.25) is 9.59 Å². The van der Waals surface area contributed by atoms with E-state index >= 15 is 0 Å². The Kier molecular flexibility index (Phi) is 3.44. The summed E-state index contributed by atoms with van der Waals surface area (Å²) in [5.41, 5.74) is 2.81. The zero-order valence-electron chi connectivity index (χ0n) is 10.0. The minimum absolute atomic E-state index is 0.112. The number of carbonyl (C=O) groups is 2. The van der Waals surface area contributed by atoms with Crippen LogP contribution in [0.1, 0.15) is 26.3 Å². The number of carbonyl (C=O) groups excluding carboxylic acids is 2. The van der Waals surface area contributed by atoms with Crippen LogP contribution in [0.3, 0.4) is 0 Å². The lowest BCUT2D eigenvalue weighted by atomic mass is 9.97. The molecule has 0 aliphatic heterocycles. The summed E-state index contributed by atoms with van der Waals surface area (Å²) in [7, 11) is 0. The van der Waals surface area contributed by atoms with Crippen LogP contribution in [-0.2, 0) is 0 Å². The Bertz CT molecular complexity index is 769. The van der Waals surface area contributed by atoms with Gasteiger partial charge in [-0.2, -0.15) is 0 Å². The molecule has 0 saturated heterocycles. The molecule has 1 aliphatic rings. The van der Waals surface area contributed by atoms with Crippen LogP contribution >= 0.6 is 39.1 Å². The number of alkyl halides is 1. The van der Waals surface area contributed by atoms with Gasteiger partial charge < -0.3 is 0 Å². The molecule has 3 rings (SSSR count). The first-order valence-electron chi connectivity index (χ1n) is 5.80. The van der Waals surface area contributed by atoms with Crippen LogP contribution in [-0.4, -0.2) is 16.9 Å². The zero-order valence-corrected chi connectivity index (χ0v) is 13.1. The van der Waals surface area contributed by atoms with Crippen LogP contribution in [0.25, 0.3) is 11.1 Å². The monoisotopic (exact) mass is 368 g/mol. The molecule has 0 spiro atoms. The third-order valence-corrected chi connectivity index (χ3v) is 4.23. The quantitative estimate of drug-likeness (QED) is 0.481. The summed E-state index contributed by atoms with van der Waals surface area (Å²) in [6.45, 7) is 0. The number of hydrogen-bond acceptors (Lipinski definition) is 2. The molecule has 0 radical (unpaired) electrons. The predicted octanol–water partition coefficient (Wildman–Crippen LogP) is 4.78. The highest BCUT2D eigenvalue weighted by Gasteiger charge is 2.31. The van der Waals surface area contributed by atoms with Gasteiger partial charge in [0.2, 0.25) is 0 Å². The second-order valence-electron chi connectivity index (χ2n) is 4.45. The summed E-state index contributed by atoms with van der Waals surface area (Å²) < 4.78 is 0. The van der Waals surface area contributed by atoms with Gasteiger partial charge in [-0.25, -0.2) is 0 Å². The summed E-state index contributed by atoms with van der Waals surface area (Å²) in [4.78, 5) is 24.5. The van der Waals surface area contributed by atoms with Crippen LogP contribution in [0.15, 0.2) is 30.3 Å². The second-order valence-corrected chi connectivity index (χ2v) is 5.89. The molecule has 0 unspecified atom stereocenters. The Morgan fingerprint density at radius 3 is 2.40 bits per heavy atom. The highest BCUT2D eigenvalue weighted by Crippen LogP contribution is 2.41. The average Bonchev–Trinajstić information content (AvgIpc) is 2.70. The van der Waals surface area contributed by atoms with E-state index in [0.29, 0.717) is 32.3 Å². The standard InChI is InChI=1S/C15H7BrCl2O2/c16-6-13(19)11-4-8(18)5-12-14(11)9-2-1-7(17)3-10(9)15(12)20/h1-5H,6H2. The molecular formula is C15H7BrCl2O2. The van der Waals surface area contributed by atoms with Crippen LogP contribution in [0.5, 0.6) is 0 Å². The largest absolute Gasteiger partial charge is 0.293 e. The number of fused-ring (bicyclic) bond motifs is 3. The SMILES string of the molecule is O=C(CBr)c1cc(Cl)cc2c1-c1ccc(Cl)cc1C2=O. The van der Waals surface area contributed by atoms with Crippen LogP contribution in [0.4, 0.5) is 0 Å². The molecule has 5 heteroatoms. The van der Waals surface area contributed by atoms with Crippen molar-refractivity contribution in [3.05, 3.63) is 57.1 Å². The Morgan fingerprint density at radius 2 is 1.70 bits per heavy atom. The van der Waals surface area contributed by atoms with E-state index in [0.717, 1.165) is 5.56 Å². The lowest BCUT2D eigenvalue weighted by molar-refractivity contribution is 0.102. The van der Waals surface area contributed by atoms with Crippen molar-refractivity contribution in [2.75, 3.05) is 5.33 Å². The number of ketones is 2. The van der Waals surface area contributed by atoms with Gasteiger partial charge >= 0.3 is 0 Å². The molecule has 0 N–H and O–H groups in total. The molecule has 0 heterocycles. The van der Waals surface area contributed by atoms with E-state index < -0.39 is 0 Å². The molecule has 100 valence electrons. The van der Waals surface area contributed by atoms with E-state index in [4.69, 9.17) is 23.2 Å². The van der Waals surface area contributed by atoms with Gasteiger partial charge in [0.1, 0.15) is 0 Å². The van der Waals surface area contributed by atoms with Gasteiger partial charge in [-0.1, -0.05) is 45.2 Å². The third-order valence-electron chi connectivity index (χ3n) is 3.27. The van der Waals surface area contributed by atoms with Gasteiger partial charge in [0, 0.05) is 32.3 Å². The van der Waals surface area contributed by atoms with E-state index in [1.165, 1.54) is 0 Å². The fourth-order valence-corrected chi connectivity index (χ4v) is 3.13. The molecule has 0 aromatic heterocycles. The van der Waals surface area contributed by atoms with Gasteiger partial charge in [-0.15, -0.1) is 0 Å². The fraction of sp³-hybridized carbons (Fsp3) is 0.0667. The molecule has 0 fully saturated rings. The van der Waals surface area contributed by atoms with Crippen molar-refractivity contribution in [3.8, 4) is 11.1 Å². The smallest absolute Gasteiger partial charge is 0.194 e. The lowest BCUT2D eigenvalue weighted by Gasteiger charge is -2.07. The minimum Gasteiger partial charge on any atom is -0.293 e. The lowest BCUT2D eigenvalue weighted by Crippen LogP contribution is -2.04. The van der Waals surface area contributed by atoms with Crippen molar-refractivity contribution in [1.29, 1.82) is 0 Å². The maximum atomic E-state index is 12.4. The first-order valence-corrected chi connectivity index (χ1v) is 7.68. The van der Waals surface area contributed by atoms with Crippen LogP contribution < -0.4 is 0 Å². The second kappa shape index (κ2) is 4.99. The molecule has 1 aliphatic carbocycles. The molecular weight excluding hydrogens is 363 g/mol. The van der Waals surface area contributed by atoms with E-state index in [1.807, 2.05) is 0 Å². The Balaban J connectivity index is 2.37. The zero-order chi connectivity index (χ0) is 14.4. The molecule has 2 aromatic rings. The highest BCUT2D eigenvalue weighted by molar-refractivity contribution is 9.09. The minimum atomic E-state index is -0.149. The number of benzene rings is 2. The van der Waals surface area contributed by atoms with Crippen LogP contribution in [0, 0.1) is 0 Å². The summed E-state index contributed by atoms with van der Waals surface area (Å²) in [5, 5.41) is 1.04. The summed E-state index contributed by atoms with van der Waals surface area (Å²) in [6, 6.07) is 8.29. The topological polar surface area (TPSA) is 34.1 Å². The van der Waals surface area contributed by atoms with Crippen molar-refractivity contribution in [3.63, 3.8) is 0 Å². The number of hydrogen-bond donors (Lipinski definition) is 0. The maximum Gasteiger partial charge on any atom is 0.194 e. The normalized spacial score (nSPS) is 12.2. The number of Topliss-reactive ketones (excluding diaryl/α,β-unsaturated/α-hetero) is 1. The van der Waals surface area contributed by atoms with E-state index in [2.05, 4.69) is 15.9 Å². The average molecular weight is 370 g/mol. The number of rotatable bonds is 2. The molecule has 0 bridgehead atoms. The Labute approximate surface area is 133 Å². The van der Waals surface area contributed by atoms with Gasteiger partial charge in [0.25, 0.3) is 0 Å².